The monoisotopic (exact) mass is 467 g/mol. The Balaban J connectivity index is 1.67. The van der Waals surface area contributed by atoms with E-state index in [1.165, 1.54) is 0 Å². The Labute approximate surface area is 196 Å². The number of nitrogens with one attached hydrogen (secondary N) is 3. The van der Waals surface area contributed by atoms with Gasteiger partial charge in [-0.3, -0.25) is 24.2 Å². The molecule has 0 aliphatic heterocycles. The molecule has 0 aliphatic carbocycles. The quantitative estimate of drug-likeness (QED) is 0.321. The van der Waals surface area contributed by atoms with Crippen molar-refractivity contribution < 1.29 is 19.5 Å². The Kier molecular flexibility index (Phi) is 7.19. The Hall–Kier alpha value is -3.95. The summed E-state index contributed by atoms with van der Waals surface area (Å²) in [7, 11) is 0. The maximum atomic E-state index is 12.7. The van der Waals surface area contributed by atoms with Gasteiger partial charge >= 0.3 is 5.97 Å². The molecule has 2 heterocycles. The highest BCUT2D eigenvalue weighted by Crippen LogP contribution is 2.20. The lowest BCUT2D eigenvalue weighted by Gasteiger charge is -2.25. The van der Waals surface area contributed by atoms with Crippen LogP contribution in [-0.2, 0) is 22.4 Å². The number of aromatic amines is 2. The van der Waals surface area contributed by atoms with Crippen molar-refractivity contribution in [2.75, 3.05) is 5.73 Å². The van der Waals surface area contributed by atoms with Gasteiger partial charge in [0.05, 0.1) is 11.4 Å². The number of carbonyl (C=O) groups excluding carboxylic acids is 2. The number of fused-ring (bicyclic) bond motifs is 1. The van der Waals surface area contributed by atoms with E-state index < -0.39 is 23.3 Å². The van der Waals surface area contributed by atoms with Crippen LogP contribution in [0.1, 0.15) is 55.1 Å². The van der Waals surface area contributed by atoms with E-state index in [-0.39, 0.29) is 30.1 Å². The minimum Gasteiger partial charge on any atom is -0.481 e. The van der Waals surface area contributed by atoms with Gasteiger partial charge in [0.2, 0.25) is 5.95 Å². The molecule has 1 amide bonds. The fourth-order valence-electron chi connectivity index (χ4n) is 3.72. The lowest BCUT2D eigenvalue weighted by Crippen LogP contribution is -2.45. The number of amides is 1. The molecule has 6 N–H and O–H groups in total. The highest BCUT2D eigenvalue weighted by atomic mass is 16.4. The molecule has 0 saturated carbocycles. The number of rotatable bonds is 9. The van der Waals surface area contributed by atoms with Crippen LogP contribution in [0, 0.1) is 5.41 Å². The molecule has 1 atom stereocenters. The van der Waals surface area contributed by atoms with Gasteiger partial charge < -0.3 is 21.1 Å². The first-order valence-electron chi connectivity index (χ1n) is 11.0. The van der Waals surface area contributed by atoms with Crippen LogP contribution in [0.3, 0.4) is 0 Å². The predicted molar refractivity (Wildman–Crippen MR) is 128 cm³/mol. The Morgan fingerprint density at radius 3 is 2.44 bits per heavy atom. The molecule has 34 heavy (non-hydrogen) atoms. The van der Waals surface area contributed by atoms with Gasteiger partial charge in [0, 0.05) is 23.6 Å². The van der Waals surface area contributed by atoms with Gasteiger partial charge in [0.1, 0.15) is 5.65 Å². The molecule has 0 spiro atoms. The zero-order valence-corrected chi connectivity index (χ0v) is 19.4. The molecule has 0 radical (unpaired) electrons. The van der Waals surface area contributed by atoms with E-state index in [9.17, 15) is 19.2 Å². The second-order valence-electron chi connectivity index (χ2n) is 9.26. The fraction of sp³-hybridized carbons (Fsp3) is 0.375. The summed E-state index contributed by atoms with van der Waals surface area (Å²) in [6.45, 7) is 5.20. The van der Waals surface area contributed by atoms with Gasteiger partial charge in [-0.1, -0.05) is 32.9 Å². The third-order valence-electron chi connectivity index (χ3n) is 5.55. The summed E-state index contributed by atoms with van der Waals surface area (Å²) < 4.78 is 0. The van der Waals surface area contributed by atoms with Crippen molar-refractivity contribution in [2.45, 2.75) is 52.5 Å². The number of hydrogen-bond donors (Lipinski definition) is 5. The molecular formula is C24H29N5O5. The SMILES string of the molecule is CC(C)(C)C(=O)[C@H](CCC(=O)O)NC(=O)c1ccc(CCc2c[nH]c3nc(N)[nH]c(=O)c23)cc1. The lowest BCUT2D eigenvalue weighted by atomic mass is 9.84. The first kappa shape index (κ1) is 24.7. The first-order valence-corrected chi connectivity index (χ1v) is 11.0. The van der Waals surface area contributed by atoms with E-state index in [0.29, 0.717) is 29.4 Å². The molecule has 10 nitrogen and oxygen atoms in total. The zero-order valence-electron chi connectivity index (χ0n) is 19.4. The zero-order chi connectivity index (χ0) is 25.0. The number of nitrogen functional groups attached to an aromatic ring is 1. The number of carboxylic acid groups (broad SMARTS) is 1. The van der Waals surface area contributed by atoms with Gasteiger partial charge in [-0.05, 0) is 42.5 Å². The third-order valence-corrected chi connectivity index (χ3v) is 5.55. The molecule has 0 bridgehead atoms. The number of nitrogens with zero attached hydrogens (tertiary/aromatic N) is 1. The van der Waals surface area contributed by atoms with Crippen molar-refractivity contribution in [3.05, 3.63) is 57.5 Å². The van der Waals surface area contributed by atoms with Crippen molar-refractivity contribution in [3.63, 3.8) is 0 Å². The number of H-pyrrole nitrogens is 2. The van der Waals surface area contributed by atoms with Crippen LogP contribution in [0.25, 0.3) is 11.0 Å². The maximum absolute atomic E-state index is 12.7. The molecule has 1 aromatic carbocycles. The number of aryl methyl sites for hydroxylation is 2. The number of anilines is 1. The number of Topliss-reactive ketones (excluding diaryl/α,β-unsaturated/α-hetero) is 1. The number of carboxylic acids is 1. The van der Waals surface area contributed by atoms with Crippen LogP contribution in [0.15, 0.2) is 35.3 Å². The molecule has 3 rings (SSSR count). The number of carbonyl (C=O) groups is 3. The molecular weight excluding hydrogens is 438 g/mol. The standard InChI is InChI=1S/C24H29N5O5/c1-24(2,3)19(32)16(10-11-17(30)31)27-21(33)14-7-4-13(5-8-14)6-9-15-12-26-20-18(15)22(34)29-23(25)28-20/h4-5,7-8,12,16H,6,9-11H2,1-3H3,(H,27,33)(H,30,31)(H4,25,26,28,29,34)/t16-/m0/s1. The minimum atomic E-state index is -1.03. The van der Waals surface area contributed by atoms with Crippen molar-refractivity contribution in [1.82, 2.24) is 20.3 Å². The molecule has 10 heteroatoms. The molecule has 0 fully saturated rings. The van der Waals surface area contributed by atoms with Crippen LogP contribution in [0.2, 0.25) is 0 Å². The number of ketones is 1. The second kappa shape index (κ2) is 9.90. The molecule has 0 aliphatic rings. The van der Waals surface area contributed by atoms with Gasteiger partial charge in [0.25, 0.3) is 11.5 Å². The van der Waals surface area contributed by atoms with Gasteiger partial charge in [-0.15, -0.1) is 0 Å². The van der Waals surface area contributed by atoms with Gasteiger partial charge in [0.15, 0.2) is 5.78 Å². The summed E-state index contributed by atoms with van der Waals surface area (Å²) in [5.41, 5.74) is 7.13. The van der Waals surface area contributed by atoms with E-state index in [0.717, 1.165) is 11.1 Å². The predicted octanol–water partition coefficient (Wildman–Crippen LogP) is 2.20. The smallest absolute Gasteiger partial charge is 0.303 e. The summed E-state index contributed by atoms with van der Waals surface area (Å²) in [4.78, 5) is 58.1. The van der Waals surface area contributed by atoms with Gasteiger partial charge in [-0.25, -0.2) is 0 Å². The molecule has 0 unspecified atom stereocenters. The summed E-state index contributed by atoms with van der Waals surface area (Å²) in [6.07, 6.45) is 2.75. The highest BCUT2D eigenvalue weighted by molar-refractivity contribution is 5.99. The van der Waals surface area contributed by atoms with E-state index >= 15 is 0 Å². The topological polar surface area (TPSA) is 171 Å². The Morgan fingerprint density at radius 2 is 1.82 bits per heavy atom. The van der Waals surface area contributed by atoms with Crippen LogP contribution in [-0.4, -0.2) is 43.8 Å². The number of aliphatic carboxylic acids is 1. The van der Waals surface area contributed by atoms with E-state index in [4.69, 9.17) is 10.8 Å². The lowest BCUT2D eigenvalue weighted by molar-refractivity contribution is -0.137. The van der Waals surface area contributed by atoms with Crippen LogP contribution >= 0.6 is 0 Å². The van der Waals surface area contributed by atoms with Gasteiger partial charge in [-0.2, -0.15) is 4.98 Å². The second-order valence-corrected chi connectivity index (χ2v) is 9.26. The highest BCUT2D eigenvalue weighted by Gasteiger charge is 2.31. The summed E-state index contributed by atoms with van der Waals surface area (Å²) in [5.74, 6) is -1.63. The number of aromatic nitrogens is 3. The van der Waals surface area contributed by atoms with E-state index in [2.05, 4.69) is 20.3 Å². The first-order chi connectivity index (χ1) is 16.0. The number of hydrogen-bond acceptors (Lipinski definition) is 6. The summed E-state index contributed by atoms with van der Waals surface area (Å²) >= 11 is 0. The summed E-state index contributed by atoms with van der Waals surface area (Å²) in [5, 5.41) is 12.1. The van der Waals surface area contributed by atoms with Crippen molar-refractivity contribution in [1.29, 1.82) is 0 Å². The Morgan fingerprint density at radius 1 is 1.15 bits per heavy atom. The number of benzene rings is 1. The maximum Gasteiger partial charge on any atom is 0.303 e. The average molecular weight is 468 g/mol. The minimum absolute atomic E-state index is 0.0273. The van der Waals surface area contributed by atoms with E-state index in [1.807, 2.05) is 12.1 Å². The van der Waals surface area contributed by atoms with Crippen molar-refractivity contribution in [3.8, 4) is 0 Å². The summed E-state index contributed by atoms with van der Waals surface area (Å²) in [6, 6.07) is 6.05. The average Bonchev–Trinajstić information content (AvgIpc) is 3.17. The largest absolute Gasteiger partial charge is 0.481 e. The molecule has 0 saturated heterocycles. The van der Waals surface area contributed by atoms with Crippen molar-refractivity contribution >= 4 is 34.6 Å². The van der Waals surface area contributed by atoms with Crippen LogP contribution in [0.5, 0.6) is 0 Å². The third kappa shape index (κ3) is 5.89. The van der Waals surface area contributed by atoms with E-state index in [1.54, 1.807) is 39.1 Å². The normalized spacial score (nSPS) is 12.4. The van der Waals surface area contributed by atoms with Crippen molar-refractivity contribution in [2.24, 2.45) is 5.41 Å². The molecule has 180 valence electrons. The fourth-order valence-corrected chi connectivity index (χ4v) is 3.72. The molecule has 3 aromatic rings. The van der Waals surface area contributed by atoms with Crippen LogP contribution < -0.4 is 16.6 Å². The molecule has 2 aromatic heterocycles. The number of nitrogens with two attached hydrogens (primary N) is 1. The van der Waals surface area contributed by atoms with Crippen LogP contribution in [0.4, 0.5) is 5.95 Å². The Bertz CT molecular complexity index is 1270.